The molecule has 11 heteroatoms. The Hall–Kier alpha value is -3.40. The summed E-state index contributed by atoms with van der Waals surface area (Å²) in [4.78, 5) is 22.8. The lowest BCUT2D eigenvalue weighted by atomic mass is 10.2. The van der Waals surface area contributed by atoms with Crippen LogP contribution in [0.25, 0.3) is 11.0 Å². The van der Waals surface area contributed by atoms with Crippen LogP contribution in [0.5, 0.6) is 5.75 Å². The van der Waals surface area contributed by atoms with Crippen molar-refractivity contribution < 1.29 is 18.9 Å². The number of hydrogen-bond donors (Lipinski definition) is 1. The molecule has 0 fully saturated rings. The molecule has 0 aliphatic carbocycles. The summed E-state index contributed by atoms with van der Waals surface area (Å²) in [7, 11) is 0. The molecule has 4 rings (SSSR count). The molecule has 0 aliphatic rings. The Morgan fingerprint density at radius 2 is 1.97 bits per heavy atom. The summed E-state index contributed by atoms with van der Waals surface area (Å²) in [6.07, 6.45) is 1.43. The number of halogens is 3. The Morgan fingerprint density at radius 1 is 1.15 bits per heavy atom. The van der Waals surface area contributed by atoms with Crippen molar-refractivity contribution in [1.82, 2.24) is 5.43 Å². The van der Waals surface area contributed by atoms with Crippen LogP contribution in [0.15, 0.2) is 74.7 Å². The average molecular weight is 563 g/mol. The molecule has 0 atom stereocenters. The number of amides is 1. The highest BCUT2D eigenvalue weighted by atomic mass is 79.9. The monoisotopic (exact) mass is 561 g/mol. The lowest BCUT2D eigenvalue weighted by Crippen LogP contribution is -2.16. The van der Waals surface area contributed by atoms with Gasteiger partial charge in [-0.15, -0.1) is 0 Å². The van der Waals surface area contributed by atoms with E-state index >= 15 is 0 Å². The van der Waals surface area contributed by atoms with Crippen molar-refractivity contribution in [2.75, 3.05) is 0 Å². The number of rotatable bonds is 7. The maximum Gasteiger partial charge on any atom is 0.307 e. The second-order valence-electron chi connectivity index (χ2n) is 7.00. The second-order valence-corrected chi connectivity index (χ2v) is 8.75. The first-order valence-corrected chi connectivity index (χ1v) is 11.2. The molecule has 0 radical (unpaired) electrons. The summed E-state index contributed by atoms with van der Waals surface area (Å²) in [5.74, 6) is -0.125. The molecule has 0 spiro atoms. The van der Waals surface area contributed by atoms with Gasteiger partial charge >= 0.3 is 5.91 Å². The summed E-state index contributed by atoms with van der Waals surface area (Å²) < 4.78 is 12.1. The number of nitro benzene ring substituents is 1. The fourth-order valence-electron chi connectivity index (χ4n) is 3.02. The first-order chi connectivity index (χ1) is 16.3. The average Bonchev–Trinajstić information content (AvgIpc) is 3.23. The summed E-state index contributed by atoms with van der Waals surface area (Å²) in [5.41, 5.74) is 3.99. The van der Waals surface area contributed by atoms with Crippen molar-refractivity contribution in [2.45, 2.75) is 6.61 Å². The summed E-state index contributed by atoms with van der Waals surface area (Å²) >= 11 is 15.5. The van der Waals surface area contributed by atoms with Crippen molar-refractivity contribution in [3.63, 3.8) is 0 Å². The predicted molar refractivity (Wildman–Crippen MR) is 133 cm³/mol. The zero-order valence-electron chi connectivity index (χ0n) is 17.1. The molecule has 1 aromatic heterocycles. The van der Waals surface area contributed by atoms with E-state index in [1.54, 1.807) is 30.3 Å². The molecule has 1 N–H and O–H groups in total. The van der Waals surface area contributed by atoms with E-state index in [-0.39, 0.29) is 18.1 Å². The van der Waals surface area contributed by atoms with Crippen molar-refractivity contribution in [2.24, 2.45) is 5.10 Å². The maximum absolute atomic E-state index is 12.4. The molecule has 172 valence electrons. The van der Waals surface area contributed by atoms with Crippen LogP contribution in [-0.4, -0.2) is 17.0 Å². The van der Waals surface area contributed by atoms with E-state index in [1.165, 1.54) is 30.5 Å². The smallest absolute Gasteiger partial charge is 0.307 e. The number of ether oxygens (including phenoxy) is 1. The van der Waals surface area contributed by atoms with Crippen molar-refractivity contribution in [1.29, 1.82) is 0 Å². The topological polar surface area (TPSA) is 107 Å². The Labute approximate surface area is 211 Å². The van der Waals surface area contributed by atoms with Crippen LogP contribution in [-0.2, 0) is 6.61 Å². The van der Waals surface area contributed by atoms with Gasteiger partial charge in [0.2, 0.25) is 0 Å². The van der Waals surface area contributed by atoms with Crippen molar-refractivity contribution in [3.8, 4) is 5.75 Å². The van der Waals surface area contributed by atoms with Crippen LogP contribution < -0.4 is 10.2 Å². The first kappa shape index (κ1) is 23.7. The molecule has 8 nitrogen and oxygen atoms in total. The van der Waals surface area contributed by atoms with Crippen LogP contribution in [0.1, 0.15) is 21.7 Å². The zero-order chi connectivity index (χ0) is 24.2. The maximum atomic E-state index is 12.4. The lowest BCUT2D eigenvalue weighted by molar-refractivity contribution is -0.384. The predicted octanol–water partition coefficient (Wildman–Crippen LogP) is 6.75. The molecule has 0 bridgehead atoms. The molecule has 34 heavy (non-hydrogen) atoms. The van der Waals surface area contributed by atoms with Gasteiger partial charge in [-0.3, -0.25) is 14.9 Å². The first-order valence-electron chi connectivity index (χ1n) is 9.68. The number of non-ortho nitro benzene ring substituents is 1. The highest BCUT2D eigenvalue weighted by Gasteiger charge is 2.15. The van der Waals surface area contributed by atoms with E-state index in [2.05, 4.69) is 26.5 Å². The fourth-order valence-corrected chi connectivity index (χ4v) is 3.86. The van der Waals surface area contributed by atoms with E-state index in [9.17, 15) is 14.9 Å². The number of carbonyl (C=O) groups is 1. The minimum absolute atomic E-state index is 0.0317. The van der Waals surface area contributed by atoms with Crippen molar-refractivity contribution in [3.05, 3.63) is 102 Å². The third-order valence-electron chi connectivity index (χ3n) is 4.67. The van der Waals surface area contributed by atoms with E-state index in [0.29, 0.717) is 32.3 Å². The summed E-state index contributed by atoms with van der Waals surface area (Å²) in [6.45, 7) is 0.204. The van der Waals surface area contributed by atoms with E-state index < -0.39 is 10.8 Å². The molecule has 0 saturated carbocycles. The molecule has 0 aliphatic heterocycles. The number of fused-ring (bicyclic) bond motifs is 1. The highest BCUT2D eigenvalue weighted by molar-refractivity contribution is 9.10. The minimum atomic E-state index is -0.611. The quantitative estimate of drug-likeness (QED) is 0.152. The van der Waals surface area contributed by atoms with Crippen LogP contribution >= 0.6 is 39.1 Å². The third kappa shape index (κ3) is 5.56. The van der Waals surface area contributed by atoms with Gasteiger partial charge in [0.1, 0.15) is 17.9 Å². The fraction of sp³-hybridized carbons (Fsp3) is 0.0435. The van der Waals surface area contributed by atoms with Gasteiger partial charge in [-0.25, -0.2) is 5.43 Å². The van der Waals surface area contributed by atoms with Gasteiger partial charge in [0.25, 0.3) is 5.69 Å². The van der Waals surface area contributed by atoms with E-state index in [1.807, 2.05) is 6.07 Å². The normalized spacial score (nSPS) is 11.1. The van der Waals surface area contributed by atoms with Gasteiger partial charge in [0.05, 0.1) is 11.1 Å². The van der Waals surface area contributed by atoms with Gasteiger partial charge in [0.15, 0.2) is 5.76 Å². The van der Waals surface area contributed by atoms with Crippen LogP contribution in [0.3, 0.4) is 0 Å². The van der Waals surface area contributed by atoms with Gasteiger partial charge in [-0.1, -0.05) is 45.2 Å². The number of hydrogen-bond acceptors (Lipinski definition) is 6. The lowest BCUT2D eigenvalue weighted by Gasteiger charge is -2.11. The summed E-state index contributed by atoms with van der Waals surface area (Å²) in [6, 6.07) is 16.0. The SMILES string of the molecule is O=C(NN=Cc1cc(Br)ccc1OCc1ccc(Cl)cc1Cl)c1cc2cc([N+](=O)[O-])ccc2o1. The molecule has 0 unspecified atom stereocenters. The standard InChI is InChI=1S/C23H14BrCl2N3O5/c24-16-2-5-20(33-12-13-1-3-17(25)10-19(13)26)15(7-16)11-27-28-23(30)22-9-14-8-18(29(31)32)4-6-21(14)34-22/h1-11H,12H2,(H,28,30). The van der Waals surface area contributed by atoms with Crippen LogP contribution in [0, 0.1) is 10.1 Å². The Balaban J connectivity index is 1.47. The molecular formula is C23H14BrCl2N3O5. The van der Waals surface area contributed by atoms with Crippen LogP contribution in [0.4, 0.5) is 5.69 Å². The number of nitro groups is 1. The second kappa shape index (κ2) is 10.3. The molecule has 3 aromatic carbocycles. The van der Waals surface area contributed by atoms with Gasteiger partial charge < -0.3 is 9.15 Å². The van der Waals surface area contributed by atoms with Crippen molar-refractivity contribution >= 4 is 67.9 Å². The Morgan fingerprint density at radius 3 is 2.74 bits per heavy atom. The number of carbonyl (C=O) groups excluding carboxylic acids is 1. The van der Waals surface area contributed by atoms with E-state index in [0.717, 1.165) is 10.0 Å². The number of hydrazone groups is 1. The number of benzene rings is 3. The largest absolute Gasteiger partial charge is 0.488 e. The summed E-state index contributed by atoms with van der Waals surface area (Å²) in [5, 5.41) is 16.4. The van der Waals surface area contributed by atoms with E-state index in [4.69, 9.17) is 32.4 Å². The molecule has 1 amide bonds. The van der Waals surface area contributed by atoms with Crippen LogP contribution in [0.2, 0.25) is 10.0 Å². The highest BCUT2D eigenvalue weighted by Crippen LogP contribution is 2.26. The molecule has 4 aromatic rings. The number of nitrogens with one attached hydrogen (secondary N) is 1. The number of furan rings is 1. The third-order valence-corrected chi connectivity index (χ3v) is 5.75. The van der Waals surface area contributed by atoms with Gasteiger partial charge in [0, 0.05) is 43.2 Å². The minimum Gasteiger partial charge on any atom is -0.488 e. The molecule has 1 heterocycles. The Bertz CT molecular complexity index is 1440. The van der Waals surface area contributed by atoms with Gasteiger partial charge in [-0.2, -0.15) is 5.10 Å². The molecule has 0 saturated heterocycles. The van der Waals surface area contributed by atoms with Gasteiger partial charge in [-0.05, 0) is 42.5 Å². The molecular weight excluding hydrogens is 549 g/mol. The zero-order valence-corrected chi connectivity index (χ0v) is 20.2. The number of nitrogens with zero attached hydrogens (tertiary/aromatic N) is 2. The Kier molecular flexibility index (Phi) is 7.16.